The predicted molar refractivity (Wildman–Crippen MR) is 223 cm³/mol. The molecule has 6 rings (SSSR count). The van der Waals surface area contributed by atoms with Crippen LogP contribution in [0.3, 0.4) is 0 Å². The van der Waals surface area contributed by atoms with Gasteiger partial charge in [0.05, 0.1) is 17.7 Å². The van der Waals surface area contributed by atoms with Crippen molar-refractivity contribution >= 4 is 73.0 Å². The molecule has 0 aliphatic rings. The molecule has 0 saturated heterocycles. The van der Waals surface area contributed by atoms with E-state index in [9.17, 15) is 39.3 Å². The quantitative estimate of drug-likeness (QED) is 0.0291. The molecule has 0 heterocycles. The van der Waals surface area contributed by atoms with Crippen LogP contribution in [0, 0.1) is 0 Å². The fourth-order valence-electron chi connectivity index (χ4n) is 4.82. The number of hydrogen-bond acceptors (Lipinski definition) is 12. The highest BCUT2D eigenvalue weighted by atomic mass is 35.5. The van der Waals surface area contributed by atoms with Crippen LogP contribution in [0.25, 0.3) is 32.3 Å². The van der Waals surface area contributed by atoms with Crippen LogP contribution < -0.4 is 0 Å². The van der Waals surface area contributed by atoms with Crippen molar-refractivity contribution in [1.82, 2.24) is 0 Å². The molecule has 0 fully saturated rings. The number of rotatable bonds is 10. The number of carbonyl (C=O) groups excluding carboxylic acids is 4. The molecule has 0 aliphatic heterocycles. The van der Waals surface area contributed by atoms with E-state index < -0.39 is 29.1 Å². The van der Waals surface area contributed by atoms with Crippen LogP contribution in [0.15, 0.2) is 133 Å². The highest BCUT2D eigenvalue weighted by molar-refractivity contribution is 6.67. The number of aromatic hydroxyl groups is 3. The van der Waals surface area contributed by atoms with Crippen molar-refractivity contribution < 1.29 is 63.7 Å². The average molecular weight is 825 g/mol. The molecule has 0 aliphatic carbocycles. The zero-order chi connectivity index (χ0) is 43.6. The topological polar surface area (TPSA) is 214 Å². The van der Waals surface area contributed by atoms with Crippen LogP contribution in [0.4, 0.5) is 0 Å². The molecule has 5 N–H and O–H groups in total. The van der Waals surface area contributed by atoms with Gasteiger partial charge in [-0.2, -0.15) is 0 Å². The minimum absolute atomic E-state index is 0.0150. The molecule has 59 heavy (non-hydrogen) atoms. The Bertz CT molecular complexity index is 2410. The largest absolute Gasteiger partial charge is 0.508 e. The van der Waals surface area contributed by atoms with Crippen LogP contribution >= 0.6 is 11.6 Å². The minimum Gasteiger partial charge on any atom is -0.508 e. The summed E-state index contributed by atoms with van der Waals surface area (Å²) in [6, 6.07) is 29.5. The molecule has 0 unspecified atom stereocenters. The van der Waals surface area contributed by atoms with Gasteiger partial charge >= 0.3 is 23.9 Å². The number of fused-ring (bicyclic) bond motifs is 3. The first-order chi connectivity index (χ1) is 28.0. The second-order valence-electron chi connectivity index (χ2n) is 12.5. The van der Waals surface area contributed by atoms with Gasteiger partial charge in [-0.1, -0.05) is 49.6 Å². The molecule has 0 amide bonds. The Morgan fingerprint density at radius 1 is 0.508 bits per heavy atom. The van der Waals surface area contributed by atoms with E-state index in [0.29, 0.717) is 22.3 Å². The van der Waals surface area contributed by atoms with Gasteiger partial charge in [0.25, 0.3) is 5.24 Å². The lowest BCUT2D eigenvalue weighted by Crippen LogP contribution is -2.14. The summed E-state index contributed by atoms with van der Waals surface area (Å²) in [5.41, 5.74) is 1.75. The van der Waals surface area contributed by atoms with Gasteiger partial charge in [-0.15, -0.1) is 0 Å². The molecule has 0 bridgehead atoms. The first-order valence-electron chi connectivity index (χ1n) is 17.5. The molecule has 14 heteroatoms. The Morgan fingerprint density at radius 3 is 1.25 bits per heavy atom. The number of aromatic carboxylic acids is 1. The zero-order valence-corrected chi connectivity index (χ0v) is 32.8. The van der Waals surface area contributed by atoms with Crippen LogP contribution in [-0.4, -0.2) is 81.1 Å². The van der Waals surface area contributed by atoms with Gasteiger partial charge in [0.15, 0.2) is 0 Å². The van der Waals surface area contributed by atoms with Crippen LogP contribution in [-0.2, 0) is 23.8 Å². The van der Waals surface area contributed by atoms with E-state index in [4.69, 9.17) is 31.3 Å². The highest BCUT2D eigenvalue weighted by Gasteiger charge is 2.10. The maximum atomic E-state index is 11.9. The third-order valence-corrected chi connectivity index (χ3v) is 7.97. The van der Waals surface area contributed by atoms with Crippen LogP contribution in [0.1, 0.15) is 44.9 Å². The Hall–Kier alpha value is -7.22. The maximum absolute atomic E-state index is 11.9. The van der Waals surface area contributed by atoms with Crippen LogP contribution in [0.5, 0.6) is 17.2 Å². The van der Waals surface area contributed by atoms with Gasteiger partial charge in [-0.05, 0) is 131 Å². The van der Waals surface area contributed by atoms with E-state index in [1.54, 1.807) is 111 Å². The number of carboxylic acid groups (broad SMARTS) is 1. The number of phenolic OH excluding ortho intramolecular Hbond substituents is 3. The Labute approximate surface area is 343 Å². The normalized spacial score (nSPS) is 10.0. The number of ether oxygens (including phenoxy) is 3. The van der Waals surface area contributed by atoms with Crippen molar-refractivity contribution in [2.75, 3.05) is 26.4 Å². The predicted octanol–water partition coefficient (Wildman–Crippen LogP) is 8.09. The summed E-state index contributed by atoms with van der Waals surface area (Å²) in [7, 11) is 0. The third kappa shape index (κ3) is 15.0. The van der Waals surface area contributed by atoms with Gasteiger partial charge in [0.1, 0.15) is 37.1 Å². The van der Waals surface area contributed by atoms with Crippen molar-refractivity contribution in [1.29, 1.82) is 0 Å². The first kappa shape index (κ1) is 46.2. The number of halogens is 1. The number of phenols is 3. The van der Waals surface area contributed by atoms with Gasteiger partial charge in [-0.3, -0.25) is 4.79 Å². The second kappa shape index (κ2) is 22.5. The van der Waals surface area contributed by atoms with Gasteiger partial charge in [0.2, 0.25) is 0 Å². The molecule has 0 saturated carbocycles. The van der Waals surface area contributed by atoms with Gasteiger partial charge in [0, 0.05) is 16.7 Å². The van der Waals surface area contributed by atoms with E-state index in [1.165, 1.54) is 12.1 Å². The minimum atomic E-state index is -0.944. The lowest BCUT2D eigenvalue weighted by molar-refractivity contribution is -0.140. The average Bonchev–Trinajstić information content (AvgIpc) is 3.21. The van der Waals surface area contributed by atoms with Crippen molar-refractivity contribution in [3.63, 3.8) is 0 Å². The highest BCUT2D eigenvalue weighted by Crippen LogP contribution is 2.23. The Balaban J connectivity index is 0.000000221. The standard InChI is InChI=1S/C17H16O5.C11H7ClO2.C11H8O3.C6H10O3/c1-11(2)16(19)21-7-8-22-17(20)14-4-3-13-10-15(18)6-5-12(13)9-14;12-11(14)9-2-1-8-6-10(13)4-3-7(8)5-9;12-10-4-3-7-5-9(11(13)14)2-1-8(7)6-10;1-5(2)6(8)9-4-3-7/h3-6,9-10,18H,1,7-8H2,2H3;1-6,13H;1-6,12H,(H,13,14);7H,1,3-4H2,2H3. The lowest BCUT2D eigenvalue weighted by Gasteiger charge is -2.07. The smallest absolute Gasteiger partial charge is 0.338 e. The van der Waals surface area contributed by atoms with Crippen molar-refractivity contribution in [3.8, 4) is 17.2 Å². The number of carbonyl (C=O) groups is 5. The van der Waals surface area contributed by atoms with Crippen LogP contribution in [0.2, 0.25) is 0 Å². The maximum Gasteiger partial charge on any atom is 0.338 e. The number of aliphatic hydroxyl groups is 1. The van der Waals surface area contributed by atoms with Gasteiger partial charge < -0.3 is 39.7 Å². The molecular formula is C45H41ClO13. The van der Waals surface area contributed by atoms with Crippen molar-refractivity contribution in [2.24, 2.45) is 0 Å². The fourth-order valence-corrected chi connectivity index (χ4v) is 4.94. The molecule has 306 valence electrons. The number of esters is 3. The number of aliphatic hydroxyl groups excluding tert-OH is 1. The number of hydrogen-bond donors (Lipinski definition) is 5. The molecule has 6 aromatic carbocycles. The molecule has 0 radical (unpaired) electrons. The molecule has 6 aromatic rings. The summed E-state index contributed by atoms with van der Waals surface area (Å²) < 4.78 is 14.3. The van der Waals surface area contributed by atoms with E-state index in [2.05, 4.69) is 17.9 Å². The van der Waals surface area contributed by atoms with Gasteiger partial charge in [-0.25, -0.2) is 19.2 Å². The Morgan fingerprint density at radius 2 is 0.847 bits per heavy atom. The lowest BCUT2D eigenvalue weighted by atomic mass is 10.1. The SMILES string of the molecule is C=C(C)C(=O)OCCO.C=C(C)C(=O)OCCOC(=O)c1ccc2cc(O)ccc2c1.O=C(Cl)c1ccc2cc(O)ccc2c1.O=C(O)c1ccc2cc(O)ccc2c1. The fraction of sp³-hybridized carbons (Fsp3) is 0.133. The van der Waals surface area contributed by atoms with E-state index in [0.717, 1.165) is 32.3 Å². The zero-order valence-electron chi connectivity index (χ0n) is 32.0. The van der Waals surface area contributed by atoms with Crippen molar-refractivity contribution in [3.05, 3.63) is 150 Å². The summed E-state index contributed by atoms with van der Waals surface area (Å²) in [6.45, 7) is 9.77. The summed E-state index contributed by atoms with van der Waals surface area (Å²) in [6.07, 6.45) is 0. The molecule has 0 spiro atoms. The summed E-state index contributed by atoms with van der Waals surface area (Å²) in [5, 5.41) is 49.3. The number of carboxylic acids is 1. The number of benzene rings is 6. The summed E-state index contributed by atoms with van der Waals surface area (Å²) in [5.74, 6) is -1.85. The van der Waals surface area contributed by atoms with E-state index in [-0.39, 0.29) is 49.2 Å². The van der Waals surface area contributed by atoms with E-state index in [1.807, 2.05) is 0 Å². The Kier molecular flexibility index (Phi) is 17.6. The summed E-state index contributed by atoms with van der Waals surface area (Å²) >= 11 is 5.35. The molecular weight excluding hydrogens is 784 g/mol. The molecule has 13 nitrogen and oxygen atoms in total. The molecule has 0 aromatic heterocycles. The molecule has 0 atom stereocenters. The second-order valence-corrected chi connectivity index (χ2v) is 12.9. The van der Waals surface area contributed by atoms with Crippen molar-refractivity contribution in [2.45, 2.75) is 13.8 Å². The third-order valence-electron chi connectivity index (χ3n) is 7.75. The first-order valence-corrected chi connectivity index (χ1v) is 17.9. The summed E-state index contributed by atoms with van der Waals surface area (Å²) in [4.78, 5) is 55.1. The monoisotopic (exact) mass is 824 g/mol. The van der Waals surface area contributed by atoms with E-state index >= 15 is 0 Å².